The molecule has 0 aliphatic heterocycles. The molecule has 0 aliphatic rings. The standard InChI is InChI=1S/C14H9F2N3/c15-10-3-4-12(16)11(6-10)14-18-8-13(19-14)9-2-1-5-17-7-9/h1-8H,(H,18,19). The Hall–Kier alpha value is -2.56. The minimum absolute atomic E-state index is 0.107. The van der Waals surface area contributed by atoms with Gasteiger partial charge in [0.05, 0.1) is 17.5 Å². The third-order valence-electron chi connectivity index (χ3n) is 2.73. The summed E-state index contributed by atoms with van der Waals surface area (Å²) in [4.78, 5) is 11.0. The van der Waals surface area contributed by atoms with E-state index in [0.717, 1.165) is 23.8 Å². The maximum Gasteiger partial charge on any atom is 0.140 e. The third-order valence-corrected chi connectivity index (χ3v) is 2.73. The largest absolute Gasteiger partial charge is 0.338 e. The monoisotopic (exact) mass is 257 g/mol. The molecule has 2 aromatic heterocycles. The van der Waals surface area contributed by atoms with E-state index in [4.69, 9.17) is 0 Å². The Kier molecular flexibility index (Phi) is 2.79. The van der Waals surface area contributed by atoms with Crippen LogP contribution in [0, 0.1) is 11.6 Å². The molecule has 0 aliphatic carbocycles. The number of pyridine rings is 1. The second-order valence-corrected chi connectivity index (χ2v) is 4.01. The van der Waals surface area contributed by atoms with Crippen LogP contribution in [0.5, 0.6) is 0 Å². The van der Waals surface area contributed by atoms with Crippen LogP contribution < -0.4 is 0 Å². The zero-order valence-corrected chi connectivity index (χ0v) is 9.77. The molecule has 94 valence electrons. The van der Waals surface area contributed by atoms with Gasteiger partial charge in [0.1, 0.15) is 17.5 Å². The summed E-state index contributed by atoms with van der Waals surface area (Å²) in [6, 6.07) is 6.91. The Bertz CT molecular complexity index is 708. The molecule has 0 unspecified atom stereocenters. The summed E-state index contributed by atoms with van der Waals surface area (Å²) in [7, 11) is 0. The zero-order chi connectivity index (χ0) is 13.2. The average molecular weight is 257 g/mol. The van der Waals surface area contributed by atoms with Crippen molar-refractivity contribution < 1.29 is 8.78 Å². The maximum absolute atomic E-state index is 13.6. The van der Waals surface area contributed by atoms with Crippen LogP contribution >= 0.6 is 0 Å². The highest BCUT2D eigenvalue weighted by Gasteiger charge is 2.11. The van der Waals surface area contributed by atoms with Crippen molar-refractivity contribution in [2.45, 2.75) is 0 Å². The Morgan fingerprint density at radius 3 is 2.74 bits per heavy atom. The van der Waals surface area contributed by atoms with Crippen LogP contribution in [-0.2, 0) is 0 Å². The van der Waals surface area contributed by atoms with Gasteiger partial charge in [0, 0.05) is 18.0 Å². The van der Waals surface area contributed by atoms with Crippen LogP contribution in [0.25, 0.3) is 22.6 Å². The van der Waals surface area contributed by atoms with E-state index >= 15 is 0 Å². The van der Waals surface area contributed by atoms with Crippen molar-refractivity contribution in [1.29, 1.82) is 0 Å². The first kappa shape index (κ1) is 11.5. The fourth-order valence-corrected chi connectivity index (χ4v) is 1.81. The van der Waals surface area contributed by atoms with Gasteiger partial charge in [-0.3, -0.25) is 4.98 Å². The first-order chi connectivity index (χ1) is 9.24. The van der Waals surface area contributed by atoms with Gasteiger partial charge in [-0.2, -0.15) is 0 Å². The highest BCUT2D eigenvalue weighted by Crippen LogP contribution is 2.24. The molecule has 0 spiro atoms. The quantitative estimate of drug-likeness (QED) is 0.764. The lowest BCUT2D eigenvalue weighted by Gasteiger charge is -2.00. The molecule has 0 atom stereocenters. The number of hydrogen-bond donors (Lipinski definition) is 1. The van der Waals surface area contributed by atoms with E-state index in [1.54, 1.807) is 24.7 Å². The average Bonchev–Trinajstić information content (AvgIpc) is 2.92. The van der Waals surface area contributed by atoms with Crippen molar-refractivity contribution in [2.24, 2.45) is 0 Å². The molecule has 19 heavy (non-hydrogen) atoms. The number of benzene rings is 1. The highest BCUT2D eigenvalue weighted by molar-refractivity contribution is 5.64. The van der Waals surface area contributed by atoms with Crippen LogP contribution in [-0.4, -0.2) is 15.0 Å². The summed E-state index contributed by atoms with van der Waals surface area (Å²) in [6.45, 7) is 0. The van der Waals surface area contributed by atoms with E-state index in [2.05, 4.69) is 15.0 Å². The number of aromatic amines is 1. The molecule has 1 N–H and O–H groups in total. The molecule has 0 saturated carbocycles. The minimum atomic E-state index is -0.520. The van der Waals surface area contributed by atoms with Crippen molar-refractivity contribution in [2.75, 3.05) is 0 Å². The van der Waals surface area contributed by atoms with E-state index in [1.807, 2.05) is 6.07 Å². The van der Waals surface area contributed by atoms with Crippen molar-refractivity contribution in [1.82, 2.24) is 15.0 Å². The Balaban J connectivity index is 2.04. The lowest BCUT2D eigenvalue weighted by atomic mass is 10.2. The second kappa shape index (κ2) is 4.61. The van der Waals surface area contributed by atoms with Crippen molar-refractivity contribution >= 4 is 0 Å². The van der Waals surface area contributed by atoms with E-state index in [9.17, 15) is 8.78 Å². The third kappa shape index (κ3) is 2.22. The molecular formula is C14H9F2N3. The van der Waals surface area contributed by atoms with Crippen molar-refractivity contribution in [3.05, 3.63) is 60.6 Å². The molecule has 1 aromatic carbocycles. The van der Waals surface area contributed by atoms with Crippen LogP contribution in [0.2, 0.25) is 0 Å². The molecule has 3 rings (SSSR count). The number of aromatic nitrogens is 3. The molecule has 0 saturated heterocycles. The molecule has 5 heteroatoms. The number of imidazole rings is 1. The van der Waals surface area contributed by atoms with Gasteiger partial charge >= 0.3 is 0 Å². The zero-order valence-electron chi connectivity index (χ0n) is 9.77. The number of nitrogens with zero attached hydrogens (tertiary/aromatic N) is 2. The lowest BCUT2D eigenvalue weighted by molar-refractivity contribution is 0.602. The highest BCUT2D eigenvalue weighted by atomic mass is 19.1. The van der Waals surface area contributed by atoms with E-state index in [1.165, 1.54) is 0 Å². The Morgan fingerprint density at radius 1 is 1.05 bits per heavy atom. The molecule has 0 bridgehead atoms. The van der Waals surface area contributed by atoms with E-state index in [-0.39, 0.29) is 11.4 Å². The van der Waals surface area contributed by atoms with Crippen LogP contribution in [0.1, 0.15) is 0 Å². The van der Waals surface area contributed by atoms with Crippen LogP contribution in [0.15, 0.2) is 48.9 Å². The van der Waals surface area contributed by atoms with Crippen molar-refractivity contribution in [3.8, 4) is 22.6 Å². The second-order valence-electron chi connectivity index (χ2n) is 4.01. The van der Waals surface area contributed by atoms with Gasteiger partial charge in [-0.05, 0) is 30.3 Å². The number of rotatable bonds is 2. The summed E-state index contributed by atoms with van der Waals surface area (Å²) in [6.07, 6.45) is 4.89. The fraction of sp³-hybridized carbons (Fsp3) is 0. The first-order valence-electron chi connectivity index (χ1n) is 5.65. The Morgan fingerprint density at radius 2 is 1.95 bits per heavy atom. The molecule has 0 radical (unpaired) electrons. The predicted molar refractivity (Wildman–Crippen MR) is 67.2 cm³/mol. The maximum atomic E-state index is 13.6. The number of halogens is 2. The lowest BCUT2D eigenvalue weighted by Crippen LogP contribution is -1.88. The number of nitrogens with one attached hydrogen (secondary N) is 1. The Labute approximate surface area is 108 Å². The normalized spacial score (nSPS) is 10.6. The smallest absolute Gasteiger partial charge is 0.140 e. The van der Waals surface area contributed by atoms with Gasteiger partial charge < -0.3 is 4.98 Å². The topological polar surface area (TPSA) is 41.6 Å². The van der Waals surface area contributed by atoms with Gasteiger partial charge in [-0.25, -0.2) is 13.8 Å². The molecular weight excluding hydrogens is 248 g/mol. The predicted octanol–water partition coefficient (Wildman–Crippen LogP) is 3.42. The van der Waals surface area contributed by atoms with Gasteiger partial charge in [-0.15, -0.1) is 0 Å². The number of hydrogen-bond acceptors (Lipinski definition) is 2. The van der Waals surface area contributed by atoms with Gasteiger partial charge in [0.2, 0.25) is 0 Å². The molecule has 0 fully saturated rings. The summed E-state index contributed by atoms with van der Waals surface area (Å²) < 4.78 is 26.8. The van der Waals surface area contributed by atoms with Crippen LogP contribution in [0.4, 0.5) is 8.78 Å². The summed E-state index contributed by atoms with van der Waals surface area (Å²) in [5.41, 5.74) is 1.64. The molecule has 3 aromatic rings. The molecule has 3 nitrogen and oxygen atoms in total. The van der Waals surface area contributed by atoms with E-state index in [0.29, 0.717) is 5.69 Å². The van der Waals surface area contributed by atoms with E-state index < -0.39 is 11.6 Å². The molecule has 2 heterocycles. The summed E-state index contributed by atoms with van der Waals surface area (Å²) in [5, 5.41) is 0. The SMILES string of the molecule is Fc1ccc(F)c(-c2ncc(-c3cccnc3)[nH]2)c1. The van der Waals surface area contributed by atoms with Crippen molar-refractivity contribution in [3.63, 3.8) is 0 Å². The van der Waals surface area contributed by atoms with Gasteiger partial charge in [-0.1, -0.05) is 0 Å². The molecule has 0 amide bonds. The number of H-pyrrole nitrogens is 1. The van der Waals surface area contributed by atoms with Crippen LogP contribution in [0.3, 0.4) is 0 Å². The minimum Gasteiger partial charge on any atom is -0.338 e. The fourth-order valence-electron chi connectivity index (χ4n) is 1.81. The summed E-state index contributed by atoms with van der Waals surface area (Å²) >= 11 is 0. The van der Waals surface area contributed by atoms with Gasteiger partial charge in [0.15, 0.2) is 0 Å². The van der Waals surface area contributed by atoms with Gasteiger partial charge in [0.25, 0.3) is 0 Å². The first-order valence-corrected chi connectivity index (χ1v) is 5.65. The summed E-state index contributed by atoms with van der Waals surface area (Å²) in [5.74, 6) is -0.736.